The van der Waals surface area contributed by atoms with Gasteiger partial charge in [-0.3, -0.25) is 0 Å². The van der Waals surface area contributed by atoms with Crippen LogP contribution in [0.4, 0.5) is 39.5 Å². The molecule has 0 bridgehead atoms. The molecule has 0 unspecified atom stereocenters. The van der Waals surface area contributed by atoms with Crippen molar-refractivity contribution in [2.45, 2.75) is 23.3 Å². The second kappa shape index (κ2) is 10.0. The highest BCUT2D eigenvalue weighted by molar-refractivity contribution is 7.86. The van der Waals surface area contributed by atoms with Crippen LogP contribution in [-0.2, 0) is 10.1 Å². The summed E-state index contributed by atoms with van der Waals surface area (Å²) in [6.45, 7) is 0. The lowest BCUT2D eigenvalue weighted by Crippen LogP contribution is -3.61. The summed E-state index contributed by atoms with van der Waals surface area (Å²) in [4.78, 5) is 0. The fourth-order valence-electron chi connectivity index (χ4n) is 1.76. The minimum Gasteiger partial charge on any atom is -0.743 e. The van der Waals surface area contributed by atoms with Crippen molar-refractivity contribution in [3.8, 4) is 5.75 Å². The van der Waals surface area contributed by atoms with Crippen LogP contribution in [0.2, 0.25) is 0 Å². The van der Waals surface area contributed by atoms with Gasteiger partial charge in [0.25, 0.3) is 0 Å². The lowest BCUT2D eigenvalue weighted by molar-refractivity contribution is -0.597. The molecule has 4 nitrogen and oxygen atoms in total. The van der Waals surface area contributed by atoms with E-state index in [9.17, 15) is 52.5 Å². The average Bonchev–Trinajstić information content (AvgIpc) is 2.68. The average molecular weight is 610 g/mol. The molecule has 0 atom stereocenters. The van der Waals surface area contributed by atoms with Crippen LogP contribution >= 0.6 is 0 Å². The first-order chi connectivity index (χ1) is 14.4. The quantitative estimate of drug-likeness (QED) is 0.285. The van der Waals surface area contributed by atoms with Crippen LogP contribution in [0.25, 0.3) is 0 Å². The van der Waals surface area contributed by atoms with E-state index in [1.54, 1.807) is 7.11 Å². The number of hydrogen-bond acceptors (Lipinski definition) is 4. The number of ether oxygens (including phenoxy) is 1. The van der Waals surface area contributed by atoms with E-state index in [1.165, 1.54) is 7.14 Å². The number of alkyl halides is 9. The fraction of sp³-hybridized carbons (Fsp3) is 0.294. The number of rotatable bonds is 6. The van der Waals surface area contributed by atoms with E-state index in [0.717, 1.165) is 5.75 Å². The van der Waals surface area contributed by atoms with Crippen LogP contribution in [0.5, 0.6) is 5.75 Å². The van der Waals surface area contributed by atoms with Crippen molar-refractivity contribution in [2.24, 2.45) is 0 Å². The van der Waals surface area contributed by atoms with Crippen molar-refractivity contribution in [2.75, 3.05) is 7.11 Å². The lowest BCUT2D eigenvalue weighted by Gasteiger charge is -2.34. The van der Waals surface area contributed by atoms with Crippen LogP contribution in [0, 0.1) is 7.14 Å². The first kappa shape index (κ1) is 28.3. The van der Waals surface area contributed by atoms with Gasteiger partial charge in [0.1, 0.15) is 5.75 Å². The molecule has 0 aromatic heterocycles. The van der Waals surface area contributed by atoms with Gasteiger partial charge in [-0.25, -0.2) is 8.42 Å². The molecular weight excluding hydrogens is 598 g/mol. The Kier molecular flexibility index (Phi) is 8.86. The minimum atomic E-state index is -7.43. The lowest BCUT2D eigenvalue weighted by atomic mass is 10.1. The van der Waals surface area contributed by atoms with E-state index in [1.807, 2.05) is 12.1 Å². The molecule has 0 spiro atoms. The van der Waals surface area contributed by atoms with Crippen molar-refractivity contribution < 1.29 is 78.4 Å². The smallest absolute Gasteiger partial charge is 0.460 e. The summed E-state index contributed by atoms with van der Waals surface area (Å²) in [7, 11) is -5.72. The Bertz CT molecular complexity index is 979. The molecule has 0 fully saturated rings. The Morgan fingerprint density at radius 3 is 1.56 bits per heavy atom. The standard InChI is InChI=1S/C13H12IO.C4HF9O3S/c1-15-13-9-7-12(8-10-13)14-11-5-3-2-4-6-11;5-1(6,3(9,10)11)2(7,8)4(12,13)17(14,15)16/h2-10H,1H3;(H,14,15,16)/q+1;/p-1. The second-order valence-corrected chi connectivity index (χ2v) is 10.1. The zero-order valence-corrected chi connectivity index (χ0v) is 18.5. The molecule has 0 radical (unpaired) electrons. The number of methoxy groups -OCH3 is 1. The monoisotopic (exact) mass is 610 g/mol. The Hall–Kier alpha value is -1.75. The molecule has 0 aliphatic heterocycles. The molecule has 0 saturated heterocycles. The second-order valence-electron chi connectivity index (χ2n) is 5.67. The fourth-order valence-corrected chi connectivity index (χ4v) is 4.41. The molecule has 0 saturated carbocycles. The highest BCUT2D eigenvalue weighted by Gasteiger charge is 2.83. The van der Waals surface area contributed by atoms with Crippen molar-refractivity contribution in [1.29, 1.82) is 0 Å². The minimum absolute atomic E-state index is 0.0449. The summed E-state index contributed by atoms with van der Waals surface area (Å²) in [6.07, 6.45) is -7.16. The summed E-state index contributed by atoms with van der Waals surface area (Å²) in [5, 5.41) is -7.11. The van der Waals surface area contributed by atoms with Gasteiger partial charge in [-0.15, -0.1) is 0 Å². The summed E-state index contributed by atoms with van der Waals surface area (Å²) in [6, 6.07) is 19.0. The summed E-state index contributed by atoms with van der Waals surface area (Å²) in [5.41, 5.74) is 0. The van der Waals surface area contributed by atoms with Gasteiger partial charge in [-0.1, -0.05) is 18.2 Å². The molecule has 0 aliphatic carbocycles. The van der Waals surface area contributed by atoms with E-state index in [0.29, 0.717) is 0 Å². The van der Waals surface area contributed by atoms with Crippen molar-refractivity contribution in [3.63, 3.8) is 0 Å². The van der Waals surface area contributed by atoms with Gasteiger partial charge in [0, 0.05) is 0 Å². The maximum absolute atomic E-state index is 12.2. The van der Waals surface area contributed by atoms with Gasteiger partial charge in [-0.2, -0.15) is 39.5 Å². The van der Waals surface area contributed by atoms with Crippen molar-refractivity contribution in [3.05, 3.63) is 61.7 Å². The van der Waals surface area contributed by atoms with E-state index in [2.05, 4.69) is 42.5 Å². The van der Waals surface area contributed by atoms with Gasteiger partial charge in [0.05, 0.1) is 7.11 Å². The highest BCUT2D eigenvalue weighted by atomic mass is 127. The van der Waals surface area contributed by atoms with Crippen molar-refractivity contribution >= 4 is 10.1 Å². The van der Waals surface area contributed by atoms with E-state index in [4.69, 9.17) is 4.74 Å². The third kappa shape index (κ3) is 6.18. The molecular formula is C17H12F9IO4S. The predicted molar refractivity (Wildman–Crippen MR) is 87.4 cm³/mol. The van der Waals surface area contributed by atoms with Gasteiger partial charge in [0.2, 0.25) is 0 Å². The molecule has 32 heavy (non-hydrogen) atoms. The summed E-state index contributed by atoms with van der Waals surface area (Å²) >= 11 is -0.0449. The van der Waals surface area contributed by atoms with Crippen LogP contribution < -0.4 is 25.9 Å². The Balaban J connectivity index is 0.000000321. The van der Waals surface area contributed by atoms with Crippen LogP contribution in [-0.4, -0.2) is 43.4 Å². The van der Waals surface area contributed by atoms with Gasteiger partial charge in [0.15, 0.2) is 17.3 Å². The number of benzene rings is 2. The Labute approximate surface area is 186 Å². The molecule has 15 heteroatoms. The number of hydrogen-bond donors (Lipinski definition) is 0. The SMILES string of the molecule is COc1ccc([I+]c2ccccc2)cc1.O=S(=O)([O-])C(F)(F)C(F)(F)C(F)(F)C(F)(F)F. The van der Waals surface area contributed by atoms with Gasteiger partial charge in [-0.05, 0) is 36.4 Å². The van der Waals surface area contributed by atoms with E-state index in [-0.39, 0.29) is 21.2 Å². The first-order valence-electron chi connectivity index (χ1n) is 7.88. The summed E-state index contributed by atoms with van der Waals surface area (Å²) in [5.74, 6) is -13.9. The largest absolute Gasteiger partial charge is 0.743 e. The van der Waals surface area contributed by atoms with E-state index < -0.39 is 33.4 Å². The molecule has 2 aromatic rings. The van der Waals surface area contributed by atoms with Gasteiger partial charge >= 0.3 is 44.5 Å². The highest BCUT2D eigenvalue weighted by Crippen LogP contribution is 2.54. The topological polar surface area (TPSA) is 66.4 Å². The third-order valence-electron chi connectivity index (χ3n) is 3.43. The molecule has 180 valence electrons. The van der Waals surface area contributed by atoms with Crippen LogP contribution in [0.15, 0.2) is 54.6 Å². The normalized spacial score (nSPS) is 13.2. The molecule has 0 amide bonds. The Morgan fingerprint density at radius 2 is 1.19 bits per heavy atom. The maximum atomic E-state index is 12.2. The first-order valence-corrected chi connectivity index (χ1v) is 11.4. The molecule has 0 N–H and O–H groups in total. The molecule has 2 rings (SSSR count). The molecule has 0 aliphatic rings. The predicted octanol–water partition coefficient (Wildman–Crippen LogP) is 1.78. The molecule has 0 heterocycles. The zero-order valence-electron chi connectivity index (χ0n) is 15.5. The third-order valence-corrected chi connectivity index (χ3v) is 7.00. The van der Waals surface area contributed by atoms with Crippen molar-refractivity contribution in [1.82, 2.24) is 0 Å². The Morgan fingerprint density at radius 1 is 0.750 bits per heavy atom. The van der Waals surface area contributed by atoms with Crippen LogP contribution in [0.3, 0.4) is 0 Å². The summed E-state index contributed by atoms with van der Waals surface area (Å²) < 4.78 is 143. The maximum Gasteiger partial charge on any atom is 0.460 e. The van der Waals surface area contributed by atoms with E-state index >= 15 is 0 Å². The zero-order chi connectivity index (χ0) is 25.0. The van der Waals surface area contributed by atoms with Crippen LogP contribution in [0.1, 0.15) is 0 Å². The van der Waals surface area contributed by atoms with Gasteiger partial charge < -0.3 is 9.29 Å². The number of halogens is 10. The molecule has 2 aromatic carbocycles.